The van der Waals surface area contributed by atoms with E-state index in [9.17, 15) is 9.59 Å². The zero-order valence-corrected chi connectivity index (χ0v) is 17.3. The Morgan fingerprint density at radius 2 is 2.04 bits per heavy atom. The zero-order valence-electron chi connectivity index (χ0n) is 17.3. The van der Waals surface area contributed by atoms with Gasteiger partial charge in [-0.25, -0.2) is 0 Å². The van der Waals surface area contributed by atoms with Gasteiger partial charge in [-0.2, -0.15) is 0 Å². The molecular weight excluding hydrogens is 358 g/mol. The molecule has 1 atom stereocenters. The lowest BCUT2D eigenvalue weighted by Crippen LogP contribution is -2.52. The Balaban J connectivity index is 1.69. The van der Waals surface area contributed by atoms with Crippen molar-refractivity contribution >= 4 is 17.5 Å². The van der Waals surface area contributed by atoms with Crippen LogP contribution < -0.4 is 15.0 Å². The van der Waals surface area contributed by atoms with Crippen LogP contribution in [0.2, 0.25) is 0 Å². The number of methoxy groups -OCH3 is 1. The third-order valence-corrected chi connectivity index (χ3v) is 5.78. The van der Waals surface area contributed by atoms with Crippen LogP contribution >= 0.6 is 0 Å². The van der Waals surface area contributed by atoms with Crippen LogP contribution in [0.15, 0.2) is 18.2 Å². The molecule has 1 N–H and O–H groups in total. The minimum Gasteiger partial charge on any atom is -0.489 e. The summed E-state index contributed by atoms with van der Waals surface area (Å²) in [6.45, 7) is 0.990. The van der Waals surface area contributed by atoms with Gasteiger partial charge in [0, 0.05) is 33.8 Å². The highest BCUT2D eigenvalue weighted by Crippen LogP contribution is 2.35. The number of benzene rings is 1. The molecule has 0 bridgehead atoms. The monoisotopic (exact) mass is 389 g/mol. The molecule has 1 aromatic rings. The van der Waals surface area contributed by atoms with Gasteiger partial charge in [0.15, 0.2) is 0 Å². The summed E-state index contributed by atoms with van der Waals surface area (Å²) in [5.74, 6) is 0.697. The molecule has 1 aliphatic heterocycles. The predicted octanol–water partition coefficient (Wildman–Crippen LogP) is 2.05. The number of rotatable bonds is 6. The van der Waals surface area contributed by atoms with Gasteiger partial charge in [-0.15, -0.1) is 0 Å². The number of likely N-dealkylation sites (N-methyl/N-ethyl adjacent to an activating group) is 1. The number of hydrogen-bond acceptors (Lipinski definition) is 5. The van der Waals surface area contributed by atoms with E-state index in [4.69, 9.17) is 9.47 Å². The van der Waals surface area contributed by atoms with E-state index in [1.54, 1.807) is 32.2 Å². The van der Waals surface area contributed by atoms with E-state index < -0.39 is 0 Å². The second-order valence-corrected chi connectivity index (χ2v) is 8.13. The quantitative estimate of drug-likeness (QED) is 0.806. The normalized spacial score (nSPS) is 20.3. The zero-order chi connectivity index (χ0) is 20.3. The molecule has 2 aliphatic rings. The molecule has 7 heteroatoms. The number of anilines is 1. The first-order chi connectivity index (χ1) is 13.3. The number of carbonyl (C=O) groups is 2. The lowest BCUT2D eigenvalue weighted by atomic mass is 9.98. The Bertz CT molecular complexity index is 728. The largest absolute Gasteiger partial charge is 0.489 e. The van der Waals surface area contributed by atoms with E-state index in [-0.39, 0.29) is 23.4 Å². The summed E-state index contributed by atoms with van der Waals surface area (Å²) < 4.78 is 11.2. The molecule has 7 nitrogen and oxygen atoms in total. The summed E-state index contributed by atoms with van der Waals surface area (Å²) in [4.78, 5) is 28.6. The number of amides is 2. The van der Waals surface area contributed by atoms with Crippen LogP contribution in [0, 0.1) is 0 Å². The maximum atomic E-state index is 12.8. The summed E-state index contributed by atoms with van der Waals surface area (Å²) in [7, 11) is 7.09. The van der Waals surface area contributed by atoms with Crippen molar-refractivity contribution in [3.8, 4) is 5.75 Å². The van der Waals surface area contributed by atoms with Crippen molar-refractivity contribution in [2.75, 3.05) is 46.4 Å². The molecule has 3 rings (SSSR count). The Kier molecular flexibility index (Phi) is 6.13. The van der Waals surface area contributed by atoms with Gasteiger partial charge in [0.1, 0.15) is 12.4 Å². The second-order valence-electron chi connectivity index (χ2n) is 8.13. The van der Waals surface area contributed by atoms with Crippen molar-refractivity contribution in [1.29, 1.82) is 0 Å². The van der Waals surface area contributed by atoms with E-state index in [1.165, 1.54) is 0 Å². The minimum absolute atomic E-state index is 0.0170. The fourth-order valence-corrected chi connectivity index (χ4v) is 4.19. The number of fused-ring (bicyclic) bond motifs is 1. The van der Waals surface area contributed by atoms with Gasteiger partial charge in [-0.1, -0.05) is 12.8 Å². The first kappa shape index (κ1) is 20.5. The van der Waals surface area contributed by atoms with Crippen LogP contribution in [0.5, 0.6) is 5.75 Å². The van der Waals surface area contributed by atoms with Crippen molar-refractivity contribution in [1.82, 2.24) is 10.2 Å². The summed E-state index contributed by atoms with van der Waals surface area (Å²) in [5.41, 5.74) is 1.21. The first-order valence-electron chi connectivity index (χ1n) is 9.86. The van der Waals surface area contributed by atoms with E-state index in [1.807, 2.05) is 24.1 Å². The van der Waals surface area contributed by atoms with Crippen molar-refractivity contribution in [3.63, 3.8) is 0 Å². The van der Waals surface area contributed by atoms with E-state index in [0.29, 0.717) is 25.2 Å². The van der Waals surface area contributed by atoms with Gasteiger partial charge in [0.05, 0.1) is 30.3 Å². The summed E-state index contributed by atoms with van der Waals surface area (Å²) in [5, 5.41) is 3.22. The van der Waals surface area contributed by atoms with Crippen LogP contribution in [0.3, 0.4) is 0 Å². The maximum Gasteiger partial charge on any atom is 0.253 e. The molecule has 0 aromatic heterocycles. The second kappa shape index (κ2) is 8.39. The highest BCUT2D eigenvalue weighted by molar-refractivity contribution is 5.95. The molecule has 1 aliphatic carbocycles. The molecule has 28 heavy (non-hydrogen) atoms. The number of hydrogen-bond donors (Lipinski definition) is 1. The molecule has 0 spiro atoms. The lowest BCUT2D eigenvalue weighted by Gasteiger charge is -2.37. The first-order valence-corrected chi connectivity index (χ1v) is 9.86. The van der Waals surface area contributed by atoms with Crippen LogP contribution in [0.25, 0.3) is 0 Å². The molecule has 0 unspecified atom stereocenters. The topological polar surface area (TPSA) is 71.1 Å². The van der Waals surface area contributed by atoms with Crippen LogP contribution in [-0.4, -0.2) is 69.8 Å². The lowest BCUT2D eigenvalue weighted by molar-refractivity contribution is -0.124. The van der Waals surface area contributed by atoms with Gasteiger partial charge in [-0.05, 0) is 31.0 Å². The van der Waals surface area contributed by atoms with E-state index >= 15 is 0 Å². The van der Waals surface area contributed by atoms with Gasteiger partial charge >= 0.3 is 0 Å². The highest BCUT2D eigenvalue weighted by Gasteiger charge is 2.36. The fraction of sp³-hybridized carbons (Fsp3) is 0.619. The molecular formula is C21H31N3O4. The van der Waals surface area contributed by atoms with Gasteiger partial charge in [0.2, 0.25) is 5.91 Å². The average Bonchev–Trinajstić information content (AvgIpc) is 3.11. The summed E-state index contributed by atoms with van der Waals surface area (Å²) in [6.07, 6.45) is 4.50. The van der Waals surface area contributed by atoms with E-state index in [2.05, 4.69) is 5.32 Å². The number of ether oxygens (including phenoxy) is 2. The Hall–Kier alpha value is -2.28. The van der Waals surface area contributed by atoms with Crippen LogP contribution in [0.4, 0.5) is 5.69 Å². The Morgan fingerprint density at radius 1 is 1.32 bits per heavy atom. The number of nitrogens with one attached hydrogen (secondary N) is 1. The molecule has 1 saturated carbocycles. The summed E-state index contributed by atoms with van der Waals surface area (Å²) >= 11 is 0. The molecule has 1 heterocycles. The van der Waals surface area contributed by atoms with Crippen LogP contribution in [0.1, 0.15) is 42.5 Å². The smallest absolute Gasteiger partial charge is 0.253 e. The van der Waals surface area contributed by atoms with Crippen molar-refractivity contribution < 1.29 is 19.1 Å². The molecule has 1 fully saturated rings. The van der Waals surface area contributed by atoms with Gasteiger partial charge in [-0.3, -0.25) is 9.59 Å². The predicted molar refractivity (Wildman–Crippen MR) is 108 cm³/mol. The van der Waals surface area contributed by atoms with Crippen molar-refractivity contribution in [2.45, 2.75) is 43.7 Å². The van der Waals surface area contributed by atoms with E-state index in [0.717, 1.165) is 37.1 Å². The van der Waals surface area contributed by atoms with Gasteiger partial charge < -0.3 is 24.6 Å². The van der Waals surface area contributed by atoms with Gasteiger partial charge in [0.25, 0.3) is 5.91 Å². The number of carbonyl (C=O) groups excluding carboxylic acids is 2. The molecule has 154 valence electrons. The molecule has 2 amide bonds. The third-order valence-electron chi connectivity index (χ3n) is 5.78. The minimum atomic E-state index is -0.233. The fourth-order valence-electron chi connectivity index (χ4n) is 4.19. The number of nitrogens with zero attached hydrogens (tertiary/aromatic N) is 2. The molecule has 0 radical (unpaired) electrons. The average molecular weight is 389 g/mol. The standard InChI is InChI=1S/C21H31N3O4/c1-23(2)20(26)15-7-8-18-17(11-15)24(3)16(13-28-18)12-19(25)22-21(14-27-4)9-5-6-10-21/h7-8,11,16H,5-6,9-10,12-14H2,1-4H3,(H,22,25)/t16-/m0/s1. The van der Waals surface area contributed by atoms with Crippen molar-refractivity contribution in [2.24, 2.45) is 0 Å². The third kappa shape index (κ3) is 4.24. The van der Waals surface area contributed by atoms with Crippen LogP contribution in [-0.2, 0) is 9.53 Å². The van der Waals surface area contributed by atoms with Crippen molar-refractivity contribution in [3.05, 3.63) is 23.8 Å². The Morgan fingerprint density at radius 3 is 2.68 bits per heavy atom. The molecule has 0 saturated heterocycles. The Labute approximate surface area is 167 Å². The highest BCUT2D eigenvalue weighted by atomic mass is 16.5. The SMILES string of the molecule is COCC1(NC(=O)C[C@H]2COc3ccc(C(=O)N(C)C)cc3N2C)CCCC1. The maximum absolute atomic E-state index is 12.8. The molecule has 1 aromatic carbocycles. The summed E-state index contributed by atoms with van der Waals surface area (Å²) in [6, 6.07) is 5.35.